The Morgan fingerprint density at radius 1 is 1.29 bits per heavy atom. The van der Waals surface area contributed by atoms with Gasteiger partial charge in [-0.05, 0) is 12.5 Å². The van der Waals surface area contributed by atoms with Gasteiger partial charge in [0.1, 0.15) is 0 Å². The number of imidazole rings is 1. The lowest BCUT2D eigenvalue weighted by Gasteiger charge is -1.98. The first-order valence-electron chi connectivity index (χ1n) is 4.59. The third-order valence-corrected chi connectivity index (χ3v) is 2.16. The standard InChI is InChI=1S/C11H13N3/c1-8-2-4-9(5-3-8)6-10-7-13-11(12)14-10/h2-5,7H,6H2,1H3,(H3,12,13,14). The second-order valence-electron chi connectivity index (χ2n) is 3.46. The van der Waals surface area contributed by atoms with Crippen LogP contribution in [0.3, 0.4) is 0 Å². The largest absolute Gasteiger partial charge is 0.369 e. The Balaban J connectivity index is 2.15. The van der Waals surface area contributed by atoms with Gasteiger partial charge in [-0.1, -0.05) is 29.8 Å². The molecule has 72 valence electrons. The van der Waals surface area contributed by atoms with Gasteiger partial charge in [0.25, 0.3) is 0 Å². The molecule has 2 aromatic rings. The predicted octanol–water partition coefficient (Wildman–Crippen LogP) is 1.89. The zero-order chi connectivity index (χ0) is 9.97. The summed E-state index contributed by atoms with van der Waals surface area (Å²) < 4.78 is 0. The Morgan fingerprint density at radius 3 is 2.57 bits per heavy atom. The minimum atomic E-state index is 0.479. The molecule has 0 aliphatic heterocycles. The number of hydrogen-bond acceptors (Lipinski definition) is 2. The number of H-pyrrole nitrogens is 1. The van der Waals surface area contributed by atoms with E-state index >= 15 is 0 Å². The third-order valence-electron chi connectivity index (χ3n) is 2.16. The lowest BCUT2D eigenvalue weighted by Crippen LogP contribution is -1.90. The van der Waals surface area contributed by atoms with Crippen LogP contribution in [0.1, 0.15) is 16.8 Å². The van der Waals surface area contributed by atoms with Crippen molar-refractivity contribution in [1.29, 1.82) is 0 Å². The molecule has 14 heavy (non-hydrogen) atoms. The van der Waals surface area contributed by atoms with Gasteiger partial charge in [-0.2, -0.15) is 0 Å². The van der Waals surface area contributed by atoms with Gasteiger partial charge in [-0.15, -0.1) is 0 Å². The molecule has 0 aliphatic rings. The maximum absolute atomic E-state index is 5.49. The second-order valence-corrected chi connectivity index (χ2v) is 3.46. The minimum absolute atomic E-state index is 0.479. The van der Waals surface area contributed by atoms with Gasteiger partial charge in [0.05, 0.1) is 6.20 Å². The first-order chi connectivity index (χ1) is 6.74. The van der Waals surface area contributed by atoms with Gasteiger partial charge in [-0.3, -0.25) is 0 Å². The van der Waals surface area contributed by atoms with E-state index in [1.807, 2.05) is 0 Å². The molecule has 0 aliphatic carbocycles. The lowest BCUT2D eigenvalue weighted by molar-refractivity contribution is 1.11. The van der Waals surface area contributed by atoms with Gasteiger partial charge in [0.15, 0.2) is 5.95 Å². The molecule has 0 unspecified atom stereocenters. The summed E-state index contributed by atoms with van der Waals surface area (Å²) in [7, 11) is 0. The highest BCUT2D eigenvalue weighted by Crippen LogP contribution is 2.09. The summed E-state index contributed by atoms with van der Waals surface area (Å²) in [5.74, 6) is 0.479. The number of nitrogens with zero attached hydrogens (tertiary/aromatic N) is 1. The van der Waals surface area contributed by atoms with Crippen LogP contribution in [-0.2, 0) is 6.42 Å². The Morgan fingerprint density at radius 2 is 2.00 bits per heavy atom. The second kappa shape index (κ2) is 3.54. The van der Waals surface area contributed by atoms with E-state index in [1.165, 1.54) is 11.1 Å². The maximum Gasteiger partial charge on any atom is 0.197 e. The minimum Gasteiger partial charge on any atom is -0.369 e. The van der Waals surface area contributed by atoms with Crippen LogP contribution in [0.5, 0.6) is 0 Å². The lowest BCUT2D eigenvalue weighted by atomic mass is 10.1. The van der Waals surface area contributed by atoms with Gasteiger partial charge in [-0.25, -0.2) is 4.98 Å². The molecule has 3 N–H and O–H groups in total. The third kappa shape index (κ3) is 1.93. The first kappa shape index (κ1) is 8.81. The van der Waals surface area contributed by atoms with Crippen molar-refractivity contribution in [2.45, 2.75) is 13.3 Å². The summed E-state index contributed by atoms with van der Waals surface area (Å²) in [5.41, 5.74) is 9.08. The van der Waals surface area contributed by atoms with E-state index in [4.69, 9.17) is 5.73 Å². The van der Waals surface area contributed by atoms with Gasteiger partial charge < -0.3 is 10.7 Å². The summed E-state index contributed by atoms with van der Waals surface area (Å²) >= 11 is 0. The van der Waals surface area contributed by atoms with E-state index in [0.29, 0.717) is 5.95 Å². The van der Waals surface area contributed by atoms with Crippen LogP contribution in [-0.4, -0.2) is 9.97 Å². The SMILES string of the molecule is Cc1ccc(Cc2cnc(N)[nH]2)cc1. The zero-order valence-electron chi connectivity index (χ0n) is 8.12. The molecular weight excluding hydrogens is 174 g/mol. The van der Waals surface area contributed by atoms with E-state index in [0.717, 1.165) is 12.1 Å². The molecule has 1 heterocycles. The molecule has 0 bridgehead atoms. The summed E-state index contributed by atoms with van der Waals surface area (Å²) in [6, 6.07) is 8.45. The first-order valence-corrected chi connectivity index (χ1v) is 4.59. The monoisotopic (exact) mass is 187 g/mol. The Bertz CT molecular complexity index is 414. The zero-order valence-corrected chi connectivity index (χ0v) is 8.12. The number of benzene rings is 1. The predicted molar refractivity (Wildman–Crippen MR) is 57.0 cm³/mol. The van der Waals surface area contributed by atoms with Crippen molar-refractivity contribution in [3.05, 3.63) is 47.3 Å². The number of nitrogens with two attached hydrogens (primary N) is 1. The van der Waals surface area contributed by atoms with Crippen molar-refractivity contribution in [2.75, 3.05) is 5.73 Å². The highest BCUT2D eigenvalue weighted by atomic mass is 15.0. The number of nitrogen functional groups attached to an aromatic ring is 1. The summed E-state index contributed by atoms with van der Waals surface area (Å²) in [6.45, 7) is 2.08. The molecule has 0 amide bonds. The van der Waals surface area contributed by atoms with Crippen molar-refractivity contribution in [2.24, 2.45) is 0 Å². The highest BCUT2D eigenvalue weighted by Gasteiger charge is 1.98. The van der Waals surface area contributed by atoms with Crippen molar-refractivity contribution in [3.8, 4) is 0 Å². The van der Waals surface area contributed by atoms with Crippen LogP contribution < -0.4 is 5.73 Å². The summed E-state index contributed by atoms with van der Waals surface area (Å²) in [5, 5.41) is 0. The fraction of sp³-hybridized carbons (Fsp3) is 0.182. The van der Waals surface area contributed by atoms with Gasteiger partial charge in [0, 0.05) is 12.1 Å². The van der Waals surface area contributed by atoms with Crippen LogP contribution in [0.25, 0.3) is 0 Å². The fourth-order valence-corrected chi connectivity index (χ4v) is 1.39. The molecular formula is C11H13N3. The number of rotatable bonds is 2. The van der Waals surface area contributed by atoms with Crippen LogP contribution in [0.15, 0.2) is 30.5 Å². The normalized spacial score (nSPS) is 10.4. The number of aromatic amines is 1. The Kier molecular flexibility index (Phi) is 2.23. The number of nitrogens with one attached hydrogen (secondary N) is 1. The molecule has 0 fully saturated rings. The van der Waals surface area contributed by atoms with Crippen molar-refractivity contribution in [1.82, 2.24) is 9.97 Å². The van der Waals surface area contributed by atoms with Crippen LogP contribution in [0.4, 0.5) is 5.95 Å². The number of aryl methyl sites for hydroxylation is 1. The van der Waals surface area contributed by atoms with E-state index in [1.54, 1.807) is 6.20 Å². The van der Waals surface area contributed by atoms with E-state index < -0.39 is 0 Å². The molecule has 3 nitrogen and oxygen atoms in total. The Hall–Kier alpha value is -1.77. The average molecular weight is 187 g/mol. The van der Waals surface area contributed by atoms with Crippen LogP contribution >= 0.6 is 0 Å². The number of hydrogen-bond donors (Lipinski definition) is 2. The van der Waals surface area contributed by atoms with Crippen LogP contribution in [0.2, 0.25) is 0 Å². The summed E-state index contributed by atoms with van der Waals surface area (Å²) in [6.07, 6.45) is 2.62. The molecule has 0 atom stereocenters. The van der Waals surface area contributed by atoms with E-state index in [-0.39, 0.29) is 0 Å². The molecule has 0 spiro atoms. The molecule has 3 heteroatoms. The summed E-state index contributed by atoms with van der Waals surface area (Å²) in [4.78, 5) is 6.96. The number of anilines is 1. The topological polar surface area (TPSA) is 54.7 Å². The quantitative estimate of drug-likeness (QED) is 0.754. The fourth-order valence-electron chi connectivity index (χ4n) is 1.39. The van der Waals surface area contributed by atoms with Gasteiger partial charge >= 0.3 is 0 Å². The average Bonchev–Trinajstić information content (AvgIpc) is 2.56. The van der Waals surface area contributed by atoms with Crippen molar-refractivity contribution >= 4 is 5.95 Å². The molecule has 2 rings (SSSR count). The van der Waals surface area contributed by atoms with Gasteiger partial charge in [0.2, 0.25) is 0 Å². The highest BCUT2D eigenvalue weighted by molar-refractivity contribution is 5.27. The van der Waals surface area contributed by atoms with E-state index in [9.17, 15) is 0 Å². The molecule has 1 aromatic carbocycles. The molecule has 1 aromatic heterocycles. The number of aromatic nitrogens is 2. The molecule has 0 saturated heterocycles. The molecule has 0 saturated carbocycles. The Labute approximate surface area is 83.0 Å². The van der Waals surface area contributed by atoms with Crippen LogP contribution in [0, 0.1) is 6.92 Å². The van der Waals surface area contributed by atoms with E-state index in [2.05, 4.69) is 41.2 Å². The molecule has 0 radical (unpaired) electrons. The van der Waals surface area contributed by atoms with Crippen molar-refractivity contribution in [3.63, 3.8) is 0 Å². The maximum atomic E-state index is 5.49. The van der Waals surface area contributed by atoms with Crippen molar-refractivity contribution < 1.29 is 0 Å². The smallest absolute Gasteiger partial charge is 0.197 e.